The van der Waals surface area contributed by atoms with Gasteiger partial charge >= 0.3 is 0 Å². The fourth-order valence-electron chi connectivity index (χ4n) is 3.87. The normalized spacial score (nSPS) is 26.7. The van der Waals surface area contributed by atoms with Crippen molar-refractivity contribution >= 4 is 5.91 Å². The van der Waals surface area contributed by atoms with Gasteiger partial charge in [-0.2, -0.15) is 0 Å². The average molecular weight is 349 g/mol. The Labute approximate surface area is 150 Å². The zero-order chi connectivity index (χ0) is 18.0. The number of amides is 1. The van der Waals surface area contributed by atoms with E-state index in [1.807, 2.05) is 13.8 Å². The number of hydrogen-bond acceptors (Lipinski definition) is 4. The lowest BCUT2D eigenvalue weighted by Crippen LogP contribution is -2.41. The molecule has 0 aromatic carbocycles. The number of furan rings is 1. The summed E-state index contributed by atoms with van der Waals surface area (Å²) in [4.78, 5) is 12.6. The summed E-state index contributed by atoms with van der Waals surface area (Å²) in [6.07, 6.45) is 4.78. The smallest absolute Gasteiger partial charge is 0.249 e. The monoisotopic (exact) mass is 349 g/mol. The van der Waals surface area contributed by atoms with Crippen LogP contribution < -0.4 is 5.32 Å². The first-order chi connectivity index (χ1) is 11.8. The Morgan fingerprint density at radius 1 is 1.44 bits per heavy atom. The zero-order valence-corrected chi connectivity index (χ0v) is 15.9. The van der Waals surface area contributed by atoms with Crippen LogP contribution in [-0.2, 0) is 20.7 Å². The molecule has 0 saturated carbocycles. The maximum atomic E-state index is 12.6. The molecule has 0 radical (unpaired) electrons. The second kappa shape index (κ2) is 7.50. The van der Waals surface area contributed by atoms with Crippen LogP contribution in [0.1, 0.15) is 69.6 Å². The molecule has 1 fully saturated rings. The van der Waals surface area contributed by atoms with Crippen LogP contribution in [0.4, 0.5) is 0 Å². The molecule has 1 aromatic rings. The summed E-state index contributed by atoms with van der Waals surface area (Å²) in [7, 11) is 0. The van der Waals surface area contributed by atoms with Crippen molar-refractivity contribution < 1.29 is 18.7 Å². The number of ether oxygens (including phenoxy) is 2. The van der Waals surface area contributed by atoms with Crippen molar-refractivity contribution in [2.24, 2.45) is 5.41 Å². The van der Waals surface area contributed by atoms with Crippen LogP contribution in [0.3, 0.4) is 0 Å². The van der Waals surface area contributed by atoms with E-state index in [4.69, 9.17) is 13.9 Å². The van der Waals surface area contributed by atoms with Crippen LogP contribution in [0.5, 0.6) is 0 Å². The first-order valence-electron chi connectivity index (χ1n) is 9.47. The first-order valence-corrected chi connectivity index (χ1v) is 9.47. The Balaban J connectivity index is 1.57. The molecule has 0 unspecified atom stereocenters. The number of carbonyl (C=O) groups excluding carboxylic acids is 1. The van der Waals surface area contributed by atoms with E-state index >= 15 is 0 Å². The zero-order valence-electron chi connectivity index (χ0n) is 15.9. The van der Waals surface area contributed by atoms with Gasteiger partial charge in [-0.25, -0.2) is 0 Å². The molecule has 2 heterocycles. The van der Waals surface area contributed by atoms with Gasteiger partial charge < -0.3 is 19.2 Å². The molecule has 25 heavy (non-hydrogen) atoms. The van der Waals surface area contributed by atoms with Gasteiger partial charge in [-0.1, -0.05) is 13.8 Å². The predicted octanol–water partition coefficient (Wildman–Crippen LogP) is 3.69. The molecule has 5 heteroatoms. The Morgan fingerprint density at radius 2 is 2.24 bits per heavy atom. The molecule has 2 aliphatic rings. The van der Waals surface area contributed by atoms with E-state index in [2.05, 4.69) is 25.2 Å². The molecule has 140 valence electrons. The Hall–Kier alpha value is -1.33. The Kier molecular flexibility index (Phi) is 5.54. The molecule has 1 aliphatic carbocycles. The standard InChI is InChI=1S/C20H31NO4/c1-13-9-16-17(10-20(3,4)11-18(16)25-13)21-19(22)14(2)24-12-15-7-5-6-8-23-15/h9,14-15,17H,5-8,10-12H2,1-4H3,(H,21,22)/t14-,15-,17-/m0/s1. The molecule has 3 rings (SSSR count). The molecule has 1 aromatic heterocycles. The van der Waals surface area contributed by atoms with Crippen molar-refractivity contribution in [1.82, 2.24) is 5.32 Å². The summed E-state index contributed by atoms with van der Waals surface area (Å²) in [6, 6.07) is 2.04. The van der Waals surface area contributed by atoms with Gasteiger partial charge in [-0.15, -0.1) is 0 Å². The maximum Gasteiger partial charge on any atom is 0.249 e. The first kappa shape index (κ1) is 18.5. The number of nitrogens with one attached hydrogen (secondary N) is 1. The lowest BCUT2D eigenvalue weighted by Gasteiger charge is -2.35. The van der Waals surface area contributed by atoms with Gasteiger partial charge in [0.2, 0.25) is 5.91 Å². The van der Waals surface area contributed by atoms with E-state index < -0.39 is 6.10 Å². The number of hydrogen-bond donors (Lipinski definition) is 1. The molecule has 1 saturated heterocycles. The minimum Gasteiger partial charge on any atom is -0.466 e. The molecule has 0 bridgehead atoms. The van der Waals surface area contributed by atoms with Gasteiger partial charge in [-0.3, -0.25) is 4.79 Å². The summed E-state index contributed by atoms with van der Waals surface area (Å²) in [5.41, 5.74) is 1.22. The molecular weight excluding hydrogens is 318 g/mol. The molecule has 0 spiro atoms. The fourth-order valence-corrected chi connectivity index (χ4v) is 3.87. The molecule has 5 nitrogen and oxygen atoms in total. The molecule has 3 atom stereocenters. The van der Waals surface area contributed by atoms with E-state index in [-0.39, 0.29) is 23.5 Å². The number of rotatable bonds is 5. The lowest BCUT2D eigenvalue weighted by molar-refractivity contribution is -0.136. The summed E-state index contributed by atoms with van der Waals surface area (Å²) >= 11 is 0. The van der Waals surface area contributed by atoms with E-state index in [0.717, 1.165) is 49.4 Å². The minimum absolute atomic E-state index is 0.0133. The highest BCUT2D eigenvalue weighted by Gasteiger charge is 2.36. The quantitative estimate of drug-likeness (QED) is 0.881. The molecule has 1 amide bonds. The van der Waals surface area contributed by atoms with Crippen molar-refractivity contribution in [3.8, 4) is 0 Å². The van der Waals surface area contributed by atoms with E-state index in [9.17, 15) is 4.79 Å². The maximum absolute atomic E-state index is 12.6. The van der Waals surface area contributed by atoms with Gasteiger partial charge in [0, 0.05) is 18.6 Å². The third-order valence-corrected chi connectivity index (χ3v) is 5.23. The Morgan fingerprint density at radius 3 is 2.96 bits per heavy atom. The highest BCUT2D eigenvalue weighted by molar-refractivity contribution is 5.80. The fraction of sp³-hybridized carbons (Fsp3) is 0.750. The topological polar surface area (TPSA) is 60.7 Å². The molecule has 1 N–H and O–H groups in total. The summed E-state index contributed by atoms with van der Waals surface area (Å²) in [6.45, 7) is 9.49. The minimum atomic E-state index is -0.480. The van der Waals surface area contributed by atoms with Crippen molar-refractivity contribution in [3.05, 3.63) is 23.2 Å². The van der Waals surface area contributed by atoms with Crippen LogP contribution in [0.15, 0.2) is 10.5 Å². The van der Waals surface area contributed by atoms with E-state index in [1.165, 1.54) is 6.42 Å². The van der Waals surface area contributed by atoms with Crippen LogP contribution >= 0.6 is 0 Å². The van der Waals surface area contributed by atoms with Gasteiger partial charge in [0.25, 0.3) is 0 Å². The van der Waals surface area contributed by atoms with Crippen molar-refractivity contribution in [1.29, 1.82) is 0 Å². The summed E-state index contributed by atoms with van der Waals surface area (Å²) in [5.74, 6) is 1.84. The summed E-state index contributed by atoms with van der Waals surface area (Å²) in [5, 5.41) is 3.17. The largest absolute Gasteiger partial charge is 0.466 e. The van der Waals surface area contributed by atoms with Gasteiger partial charge in [0.05, 0.1) is 18.8 Å². The predicted molar refractivity (Wildman–Crippen MR) is 95.4 cm³/mol. The van der Waals surface area contributed by atoms with Gasteiger partial charge in [0.1, 0.15) is 17.6 Å². The number of fused-ring (bicyclic) bond motifs is 1. The third kappa shape index (κ3) is 4.64. The molecule has 1 aliphatic heterocycles. The van der Waals surface area contributed by atoms with E-state index in [1.54, 1.807) is 0 Å². The second-order valence-corrected chi connectivity index (χ2v) is 8.31. The molecular formula is C20H31NO4. The number of carbonyl (C=O) groups is 1. The van der Waals surface area contributed by atoms with Crippen LogP contribution in [0, 0.1) is 12.3 Å². The highest BCUT2D eigenvalue weighted by Crippen LogP contribution is 2.42. The highest BCUT2D eigenvalue weighted by atomic mass is 16.5. The summed E-state index contributed by atoms with van der Waals surface area (Å²) < 4.78 is 17.3. The average Bonchev–Trinajstić information content (AvgIpc) is 2.92. The second-order valence-electron chi connectivity index (χ2n) is 8.31. The SMILES string of the molecule is Cc1cc2c(o1)CC(C)(C)C[C@@H]2NC(=O)[C@H](C)OC[C@@H]1CCCCO1. The lowest BCUT2D eigenvalue weighted by atomic mass is 9.74. The van der Waals surface area contributed by atoms with Crippen LogP contribution in [0.2, 0.25) is 0 Å². The van der Waals surface area contributed by atoms with Crippen molar-refractivity contribution in [2.45, 2.75) is 78.0 Å². The van der Waals surface area contributed by atoms with Crippen LogP contribution in [0.25, 0.3) is 0 Å². The van der Waals surface area contributed by atoms with Crippen molar-refractivity contribution in [2.75, 3.05) is 13.2 Å². The van der Waals surface area contributed by atoms with Crippen LogP contribution in [-0.4, -0.2) is 31.3 Å². The van der Waals surface area contributed by atoms with Gasteiger partial charge in [-0.05, 0) is 51.0 Å². The number of aryl methyl sites for hydroxylation is 1. The Bertz CT molecular complexity index is 601. The van der Waals surface area contributed by atoms with Crippen molar-refractivity contribution in [3.63, 3.8) is 0 Å². The van der Waals surface area contributed by atoms with Gasteiger partial charge in [0.15, 0.2) is 0 Å². The van der Waals surface area contributed by atoms with E-state index in [0.29, 0.717) is 6.61 Å². The third-order valence-electron chi connectivity index (χ3n) is 5.23.